The van der Waals surface area contributed by atoms with Gasteiger partial charge >= 0.3 is 0 Å². The summed E-state index contributed by atoms with van der Waals surface area (Å²) in [4.78, 5) is 13.2. The molecular formula is C15H13NO2. The maximum atomic E-state index is 11.6. The Kier molecular flexibility index (Phi) is 2.52. The molecule has 18 heavy (non-hydrogen) atoms. The highest BCUT2D eigenvalue weighted by Crippen LogP contribution is 2.35. The Hall–Kier alpha value is -2.29. The minimum Gasteiger partial charge on any atom is -0.482 e. The van der Waals surface area contributed by atoms with Gasteiger partial charge in [-0.3, -0.25) is 4.79 Å². The summed E-state index contributed by atoms with van der Waals surface area (Å²) < 4.78 is 5.41. The van der Waals surface area contributed by atoms with Gasteiger partial charge in [0.1, 0.15) is 5.75 Å². The molecule has 0 saturated heterocycles. The number of nitrogens with zero attached hydrogens (tertiary/aromatic N) is 1. The molecule has 90 valence electrons. The van der Waals surface area contributed by atoms with Gasteiger partial charge in [-0.15, -0.1) is 0 Å². The molecule has 1 aliphatic rings. The van der Waals surface area contributed by atoms with Crippen LogP contribution < -0.4 is 9.64 Å². The standard InChI is InChI=1S/C15H13NO2/c1-16-13-9-12(11-5-3-2-4-6-11)7-8-14(13)18-10-15(16)17/h2-9H,10H2,1H3. The molecule has 0 fully saturated rings. The Morgan fingerprint density at radius 1 is 1.06 bits per heavy atom. The van der Waals surface area contributed by atoms with Crippen LogP contribution in [0.5, 0.6) is 5.75 Å². The molecule has 1 aliphatic heterocycles. The average Bonchev–Trinajstić information content (AvgIpc) is 2.44. The summed E-state index contributed by atoms with van der Waals surface area (Å²) in [6, 6.07) is 16.0. The van der Waals surface area contributed by atoms with Crippen molar-refractivity contribution in [2.75, 3.05) is 18.6 Å². The van der Waals surface area contributed by atoms with E-state index in [1.807, 2.05) is 48.5 Å². The fourth-order valence-electron chi connectivity index (χ4n) is 2.08. The smallest absolute Gasteiger partial charge is 0.264 e. The van der Waals surface area contributed by atoms with Gasteiger partial charge < -0.3 is 9.64 Å². The monoisotopic (exact) mass is 239 g/mol. The molecule has 0 aromatic heterocycles. The first kappa shape index (κ1) is 10.8. The first-order valence-corrected chi connectivity index (χ1v) is 5.84. The third-order valence-corrected chi connectivity index (χ3v) is 3.15. The summed E-state index contributed by atoms with van der Waals surface area (Å²) in [5, 5.41) is 0. The molecule has 0 N–H and O–H groups in total. The highest BCUT2D eigenvalue weighted by atomic mass is 16.5. The summed E-state index contributed by atoms with van der Waals surface area (Å²) in [6.07, 6.45) is 0. The summed E-state index contributed by atoms with van der Waals surface area (Å²) in [7, 11) is 1.78. The van der Waals surface area contributed by atoms with Gasteiger partial charge in [0, 0.05) is 7.05 Å². The number of likely N-dealkylation sites (N-methyl/N-ethyl adjacent to an activating group) is 1. The van der Waals surface area contributed by atoms with Crippen molar-refractivity contribution >= 4 is 11.6 Å². The second-order valence-electron chi connectivity index (χ2n) is 4.29. The van der Waals surface area contributed by atoms with Crippen LogP contribution in [0.4, 0.5) is 5.69 Å². The van der Waals surface area contributed by atoms with Crippen molar-refractivity contribution in [2.45, 2.75) is 0 Å². The third kappa shape index (κ3) is 1.74. The molecule has 1 amide bonds. The van der Waals surface area contributed by atoms with E-state index in [1.54, 1.807) is 11.9 Å². The number of hydrogen-bond acceptors (Lipinski definition) is 2. The molecule has 1 heterocycles. The average molecular weight is 239 g/mol. The molecule has 0 atom stereocenters. The number of rotatable bonds is 1. The van der Waals surface area contributed by atoms with Crippen molar-refractivity contribution in [1.29, 1.82) is 0 Å². The van der Waals surface area contributed by atoms with Gasteiger partial charge in [-0.25, -0.2) is 0 Å². The topological polar surface area (TPSA) is 29.5 Å². The van der Waals surface area contributed by atoms with E-state index in [1.165, 1.54) is 0 Å². The maximum Gasteiger partial charge on any atom is 0.264 e. The molecule has 0 bridgehead atoms. The predicted molar refractivity (Wildman–Crippen MR) is 70.8 cm³/mol. The molecule has 0 aliphatic carbocycles. The summed E-state index contributed by atoms with van der Waals surface area (Å²) in [5.41, 5.74) is 3.04. The van der Waals surface area contributed by atoms with Crippen molar-refractivity contribution in [3.63, 3.8) is 0 Å². The van der Waals surface area contributed by atoms with Crippen LogP contribution in [0.2, 0.25) is 0 Å². The molecule has 0 spiro atoms. The lowest BCUT2D eigenvalue weighted by atomic mass is 10.0. The zero-order valence-electron chi connectivity index (χ0n) is 10.1. The van der Waals surface area contributed by atoms with Gasteiger partial charge in [0.05, 0.1) is 5.69 Å². The first-order valence-electron chi connectivity index (χ1n) is 5.84. The van der Waals surface area contributed by atoms with E-state index in [4.69, 9.17) is 4.74 Å². The van der Waals surface area contributed by atoms with E-state index in [0.717, 1.165) is 22.6 Å². The highest BCUT2D eigenvalue weighted by Gasteiger charge is 2.22. The molecule has 0 saturated carbocycles. The van der Waals surface area contributed by atoms with E-state index >= 15 is 0 Å². The number of benzene rings is 2. The van der Waals surface area contributed by atoms with Gasteiger partial charge in [-0.05, 0) is 23.3 Å². The second-order valence-corrected chi connectivity index (χ2v) is 4.29. The summed E-state index contributed by atoms with van der Waals surface area (Å²) in [6.45, 7) is 0.119. The minimum atomic E-state index is -0.0206. The van der Waals surface area contributed by atoms with Crippen molar-refractivity contribution < 1.29 is 9.53 Å². The molecule has 2 aromatic carbocycles. The van der Waals surface area contributed by atoms with Crippen LogP contribution in [0, 0.1) is 0 Å². The van der Waals surface area contributed by atoms with Gasteiger partial charge in [-0.1, -0.05) is 36.4 Å². The van der Waals surface area contributed by atoms with Gasteiger partial charge in [-0.2, -0.15) is 0 Å². The number of hydrogen-bond donors (Lipinski definition) is 0. The molecule has 3 rings (SSSR count). The van der Waals surface area contributed by atoms with Crippen molar-refractivity contribution in [2.24, 2.45) is 0 Å². The van der Waals surface area contributed by atoms with E-state index in [2.05, 4.69) is 0 Å². The lowest BCUT2D eigenvalue weighted by Gasteiger charge is -2.26. The predicted octanol–water partition coefficient (Wildman–Crippen LogP) is 2.71. The summed E-state index contributed by atoms with van der Waals surface area (Å²) >= 11 is 0. The molecular weight excluding hydrogens is 226 g/mol. The van der Waals surface area contributed by atoms with Crippen molar-refractivity contribution in [1.82, 2.24) is 0 Å². The van der Waals surface area contributed by atoms with Crippen LogP contribution in [-0.4, -0.2) is 19.6 Å². The molecule has 3 heteroatoms. The van der Waals surface area contributed by atoms with Gasteiger partial charge in [0.2, 0.25) is 0 Å². The van der Waals surface area contributed by atoms with Crippen LogP contribution >= 0.6 is 0 Å². The molecule has 2 aromatic rings. The van der Waals surface area contributed by atoms with E-state index in [-0.39, 0.29) is 12.5 Å². The van der Waals surface area contributed by atoms with Crippen molar-refractivity contribution in [3.8, 4) is 16.9 Å². The molecule has 0 unspecified atom stereocenters. The number of carbonyl (C=O) groups excluding carboxylic acids is 1. The van der Waals surface area contributed by atoms with Crippen LogP contribution in [-0.2, 0) is 4.79 Å². The van der Waals surface area contributed by atoms with Gasteiger partial charge in [0.15, 0.2) is 6.61 Å². The van der Waals surface area contributed by atoms with Crippen molar-refractivity contribution in [3.05, 3.63) is 48.5 Å². The van der Waals surface area contributed by atoms with Crippen LogP contribution in [0.15, 0.2) is 48.5 Å². The van der Waals surface area contributed by atoms with E-state index in [0.29, 0.717) is 0 Å². The molecule has 3 nitrogen and oxygen atoms in total. The zero-order valence-corrected chi connectivity index (χ0v) is 10.1. The lowest BCUT2D eigenvalue weighted by Crippen LogP contribution is -2.35. The Bertz CT molecular complexity index is 593. The Morgan fingerprint density at radius 2 is 1.83 bits per heavy atom. The fraction of sp³-hybridized carbons (Fsp3) is 0.133. The number of ether oxygens (including phenoxy) is 1. The Labute approximate surface area is 106 Å². The Balaban J connectivity index is 2.08. The van der Waals surface area contributed by atoms with Gasteiger partial charge in [0.25, 0.3) is 5.91 Å². The number of amides is 1. The fourth-order valence-corrected chi connectivity index (χ4v) is 2.08. The lowest BCUT2D eigenvalue weighted by molar-refractivity contribution is -0.120. The number of anilines is 1. The largest absolute Gasteiger partial charge is 0.482 e. The van der Waals surface area contributed by atoms with Crippen LogP contribution in [0.1, 0.15) is 0 Å². The van der Waals surface area contributed by atoms with E-state index < -0.39 is 0 Å². The van der Waals surface area contributed by atoms with Crippen LogP contribution in [0.25, 0.3) is 11.1 Å². The number of carbonyl (C=O) groups is 1. The SMILES string of the molecule is CN1C(=O)COc2ccc(-c3ccccc3)cc21. The normalized spacial score (nSPS) is 14.1. The number of fused-ring (bicyclic) bond motifs is 1. The maximum absolute atomic E-state index is 11.6. The second kappa shape index (κ2) is 4.18. The third-order valence-electron chi connectivity index (χ3n) is 3.15. The van der Waals surface area contributed by atoms with E-state index in [9.17, 15) is 4.79 Å². The highest BCUT2D eigenvalue weighted by molar-refractivity contribution is 5.98. The minimum absolute atomic E-state index is 0.0206. The first-order chi connectivity index (χ1) is 8.75. The zero-order chi connectivity index (χ0) is 12.5. The van der Waals surface area contributed by atoms with Crippen LogP contribution in [0.3, 0.4) is 0 Å². The molecule has 0 radical (unpaired) electrons. The Morgan fingerprint density at radius 3 is 2.61 bits per heavy atom. The quantitative estimate of drug-likeness (QED) is 0.765. The summed E-state index contributed by atoms with van der Waals surface area (Å²) in [5.74, 6) is 0.740.